The first-order valence-corrected chi connectivity index (χ1v) is 10.1. The lowest BCUT2D eigenvalue weighted by Gasteiger charge is -2.29. The maximum atomic E-state index is 13.7. The predicted molar refractivity (Wildman–Crippen MR) is 115 cm³/mol. The Balaban J connectivity index is 1.57. The summed E-state index contributed by atoms with van der Waals surface area (Å²) >= 11 is 0. The average Bonchev–Trinajstić information content (AvgIpc) is 2.79. The maximum absolute atomic E-state index is 13.7. The van der Waals surface area contributed by atoms with E-state index >= 15 is 0 Å². The van der Waals surface area contributed by atoms with Crippen LogP contribution in [0.2, 0.25) is 0 Å². The fourth-order valence-corrected chi connectivity index (χ4v) is 3.26. The van der Waals surface area contributed by atoms with Crippen molar-refractivity contribution in [2.24, 2.45) is 4.99 Å². The second-order valence-electron chi connectivity index (χ2n) is 6.95. The number of ether oxygens (including phenoxy) is 2. The number of alkyl halides is 3. The zero-order valence-electron chi connectivity index (χ0n) is 17.4. The lowest BCUT2D eigenvalue weighted by atomic mass is 10.0. The molecule has 1 aliphatic heterocycles. The molecule has 0 spiro atoms. The van der Waals surface area contributed by atoms with Crippen molar-refractivity contribution in [1.82, 2.24) is 10.6 Å². The molecule has 1 aliphatic rings. The normalized spacial score (nSPS) is 15.0. The van der Waals surface area contributed by atoms with E-state index in [1.165, 1.54) is 12.1 Å². The highest BCUT2D eigenvalue weighted by Crippen LogP contribution is 2.35. The second-order valence-corrected chi connectivity index (χ2v) is 6.95. The molecule has 9 heteroatoms. The van der Waals surface area contributed by atoms with Gasteiger partial charge in [0, 0.05) is 32.4 Å². The topological polar surface area (TPSA) is 58.1 Å². The molecule has 168 valence electrons. The van der Waals surface area contributed by atoms with Gasteiger partial charge in [-0.2, -0.15) is 13.2 Å². The molecule has 6 nitrogen and oxygen atoms in total. The Hall–Kier alpha value is -2.94. The number of rotatable bonds is 7. The molecule has 0 bridgehead atoms. The lowest BCUT2D eigenvalue weighted by Crippen LogP contribution is -2.39. The second kappa shape index (κ2) is 10.9. The first kappa shape index (κ1) is 22.7. The van der Waals surface area contributed by atoms with Gasteiger partial charge in [0.2, 0.25) is 0 Å². The van der Waals surface area contributed by atoms with Crippen LogP contribution >= 0.6 is 0 Å². The Morgan fingerprint density at radius 1 is 1.10 bits per heavy atom. The molecular weight excluding hydrogens is 409 g/mol. The number of anilines is 1. The molecule has 0 radical (unpaired) electrons. The van der Waals surface area contributed by atoms with Gasteiger partial charge in [-0.15, -0.1) is 0 Å². The molecule has 0 saturated carbocycles. The van der Waals surface area contributed by atoms with Crippen molar-refractivity contribution < 1.29 is 22.6 Å². The first-order valence-electron chi connectivity index (χ1n) is 10.1. The van der Waals surface area contributed by atoms with E-state index in [2.05, 4.69) is 15.6 Å². The number of morpholine rings is 1. The van der Waals surface area contributed by atoms with Gasteiger partial charge in [-0.1, -0.05) is 24.3 Å². The van der Waals surface area contributed by atoms with E-state index in [1.54, 1.807) is 13.1 Å². The van der Waals surface area contributed by atoms with Crippen molar-refractivity contribution in [3.8, 4) is 5.75 Å². The zero-order valence-corrected chi connectivity index (χ0v) is 17.4. The molecule has 0 unspecified atom stereocenters. The quantitative estimate of drug-likeness (QED) is 0.396. The van der Waals surface area contributed by atoms with Crippen molar-refractivity contribution in [2.45, 2.75) is 12.7 Å². The van der Waals surface area contributed by atoms with E-state index in [0.29, 0.717) is 51.1 Å². The van der Waals surface area contributed by atoms with Gasteiger partial charge in [-0.25, -0.2) is 0 Å². The lowest BCUT2D eigenvalue weighted by molar-refractivity contribution is -0.138. The van der Waals surface area contributed by atoms with Gasteiger partial charge in [0.05, 0.1) is 25.3 Å². The number of benzene rings is 2. The molecule has 1 fully saturated rings. The summed E-state index contributed by atoms with van der Waals surface area (Å²) in [6.45, 7) is 3.04. The molecule has 0 atom stereocenters. The molecule has 2 aromatic rings. The summed E-state index contributed by atoms with van der Waals surface area (Å²) in [6.07, 6.45) is -4.44. The number of halogens is 3. The van der Waals surface area contributed by atoms with Crippen molar-refractivity contribution in [3.05, 3.63) is 59.7 Å². The van der Waals surface area contributed by atoms with Gasteiger partial charge in [0.15, 0.2) is 5.96 Å². The zero-order chi connectivity index (χ0) is 22.1. The first-order chi connectivity index (χ1) is 15.0. The number of nitrogens with one attached hydrogen (secondary N) is 2. The van der Waals surface area contributed by atoms with Crippen LogP contribution in [0, 0.1) is 0 Å². The van der Waals surface area contributed by atoms with E-state index in [4.69, 9.17) is 9.47 Å². The number of para-hydroxylation sites is 1. The number of hydrogen-bond donors (Lipinski definition) is 2. The van der Waals surface area contributed by atoms with Crippen LogP contribution in [0.15, 0.2) is 53.5 Å². The Labute approximate surface area is 180 Å². The van der Waals surface area contributed by atoms with Crippen LogP contribution in [0.5, 0.6) is 5.75 Å². The van der Waals surface area contributed by atoms with Crippen LogP contribution in [0.4, 0.5) is 18.9 Å². The molecule has 3 rings (SSSR count). The van der Waals surface area contributed by atoms with Crippen molar-refractivity contribution in [2.75, 3.05) is 51.4 Å². The van der Waals surface area contributed by atoms with Gasteiger partial charge in [0.25, 0.3) is 0 Å². The summed E-state index contributed by atoms with van der Waals surface area (Å²) in [6, 6.07) is 13.8. The van der Waals surface area contributed by atoms with Crippen LogP contribution in [-0.4, -0.2) is 52.5 Å². The van der Waals surface area contributed by atoms with Crippen LogP contribution in [0.1, 0.15) is 11.1 Å². The third-order valence-corrected chi connectivity index (χ3v) is 4.85. The number of hydrogen-bond acceptors (Lipinski definition) is 4. The molecule has 2 N–H and O–H groups in total. The van der Waals surface area contributed by atoms with E-state index in [1.807, 2.05) is 35.2 Å². The highest BCUT2D eigenvalue weighted by atomic mass is 19.4. The fraction of sp³-hybridized carbons (Fsp3) is 0.409. The minimum Gasteiger partial charge on any atom is -0.492 e. The molecule has 1 saturated heterocycles. The van der Waals surface area contributed by atoms with Gasteiger partial charge in [-0.05, 0) is 29.8 Å². The minimum absolute atomic E-state index is 0.00253. The highest BCUT2D eigenvalue weighted by molar-refractivity contribution is 5.79. The van der Waals surface area contributed by atoms with Crippen LogP contribution in [0.25, 0.3) is 0 Å². The molecule has 31 heavy (non-hydrogen) atoms. The highest BCUT2D eigenvalue weighted by Gasteiger charge is 2.34. The SMILES string of the molecule is CN=C(NCCOc1ccccc1)NCc1ccc(N2CCOCC2)cc1C(F)(F)F. The molecule has 0 amide bonds. The number of aliphatic imine (C=N–C) groups is 1. The van der Waals surface area contributed by atoms with Crippen molar-refractivity contribution >= 4 is 11.6 Å². The van der Waals surface area contributed by atoms with Crippen LogP contribution < -0.4 is 20.3 Å². The number of guanidine groups is 1. The Bertz CT molecular complexity index is 854. The standard InChI is InChI=1S/C22H27F3N4O2/c1-26-21(27-9-12-31-19-5-3-2-4-6-19)28-16-17-7-8-18(15-20(17)22(23,24)25)29-10-13-30-14-11-29/h2-8,15H,9-14,16H2,1H3,(H2,26,27,28). The van der Waals surface area contributed by atoms with E-state index in [9.17, 15) is 13.2 Å². The van der Waals surface area contributed by atoms with Gasteiger partial charge >= 0.3 is 6.18 Å². The maximum Gasteiger partial charge on any atom is 0.416 e. The smallest absolute Gasteiger partial charge is 0.416 e. The van der Waals surface area contributed by atoms with E-state index in [0.717, 1.165) is 5.75 Å². The van der Waals surface area contributed by atoms with E-state index < -0.39 is 11.7 Å². The Morgan fingerprint density at radius 2 is 1.84 bits per heavy atom. The van der Waals surface area contributed by atoms with Gasteiger partial charge in [0.1, 0.15) is 12.4 Å². The van der Waals surface area contributed by atoms with Crippen molar-refractivity contribution in [3.63, 3.8) is 0 Å². The summed E-state index contributed by atoms with van der Waals surface area (Å²) in [5, 5.41) is 5.99. The number of nitrogens with zero attached hydrogens (tertiary/aromatic N) is 2. The third kappa shape index (κ3) is 6.78. The minimum atomic E-state index is -4.44. The molecule has 0 aromatic heterocycles. The summed E-state index contributed by atoms with van der Waals surface area (Å²) in [4.78, 5) is 5.97. The van der Waals surface area contributed by atoms with Crippen LogP contribution in [-0.2, 0) is 17.5 Å². The van der Waals surface area contributed by atoms with Crippen LogP contribution in [0.3, 0.4) is 0 Å². The van der Waals surface area contributed by atoms with Crippen molar-refractivity contribution in [1.29, 1.82) is 0 Å². The predicted octanol–water partition coefficient (Wildman–Crippen LogP) is 3.29. The summed E-state index contributed by atoms with van der Waals surface area (Å²) in [5.74, 6) is 1.16. The molecular formula is C22H27F3N4O2. The van der Waals surface area contributed by atoms with Gasteiger partial charge < -0.3 is 25.0 Å². The molecule has 0 aliphatic carbocycles. The molecule has 1 heterocycles. The Kier molecular flexibility index (Phi) is 8.00. The van der Waals surface area contributed by atoms with Gasteiger partial charge in [-0.3, -0.25) is 4.99 Å². The average molecular weight is 436 g/mol. The Morgan fingerprint density at radius 3 is 2.52 bits per heavy atom. The summed E-state index contributed by atoms with van der Waals surface area (Å²) < 4.78 is 51.9. The van der Waals surface area contributed by atoms with E-state index in [-0.39, 0.29) is 12.1 Å². The monoisotopic (exact) mass is 436 g/mol. The fourth-order valence-electron chi connectivity index (χ4n) is 3.26. The summed E-state index contributed by atoms with van der Waals surface area (Å²) in [7, 11) is 1.57. The third-order valence-electron chi connectivity index (χ3n) is 4.85. The molecule has 2 aromatic carbocycles. The largest absolute Gasteiger partial charge is 0.492 e. The summed E-state index contributed by atoms with van der Waals surface area (Å²) in [5.41, 5.74) is 0.0693.